The summed E-state index contributed by atoms with van der Waals surface area (Å²) in [7, 11) is -2.73. The summed E-state index contributed by atoms with van der Waals surface area (Å²) >= 11 is 0. The van der Waals surface area contributed by atoms with Crippen LogP contribution in [-0.2, 0) is 10.0 Å². The maximum atomic E-state index is 13.7. The molecule has 0 aliphatic carbocycles. The van der Waals surface area contributed by atoms with Gasteiger partial charge in [-0.3, -0.25) is 4.79 Å². The van der Waals surface area contributed by atoms with Crippen molar-refractivity contribution in [2.24, 2.45) is 0 Å². The van der Waals surface area contributed by atoms with Crippen molar-refractivity contribution in [2.45, 2.75) is 4.90 Å². The molecule has 0 saturated heterocycles. The monoisotopic (exact) mass is 401 g/mol. The Bertz CT molecular complexity index is 1110. The molecule has 0 bridgehead atoms. The Labute approximate surface area is 161 Å². The van der Waals surface area contributed by atoms with E-state index in [0.717, 1.165) is 12.1 Å². The minimum Gasteiger partial charge on any atom is -0.497 e. The van der Waals surface area contributed by atoms with Gasteiger partial charge in [0.1, 0.15) is 16.5 Å². The largest absolute Gasteiger partial charge is 0.497 e. The lowest BCUT2D eigenvalue weighted by Gasteiger charge is -2.10. The van der Waals surface area contributed by atoms with Crippen LogP contribution in [0.15, 0.2) is 65.8 Å². The Kier molecular flexibility index (Phi) is 5.76. The van der Waals surface area contributed by atoms with Gasteiger partial charge in [-0.25, -0.2) is 27.5 Å². The molecule has 0 aliphatic heterocycles. The topological polar surface area (TPSA) is 98.2 Å². The zero-order chi connectivity index (χ0) is 20.1. The van der Waals surface area contributed by atoms with Gasteiger partial charge in [0.15, 0.2) is 11.6 Å². The predicted molar refractivity (Wildman–Crippen MR) is 99.9 cm³/mol. The summed E-state index contributed by atoms with van der Waals surface area (Å²) in [5, 5.41) is 0. The molecule has 1 aromatic heterocycles. The molecule has 0 spiro atoms. The van der Waals surface area contributed by atoms with Crippen molar-refractivity contribution >= 4 is 15.8 Å². The van der Waals surface area contributed by atoms with Gasteiger partial charge in [-0.2, -0.15) is 0 Å². The molecule has 1 N–H and O–H groups in total. The number of hydrogen-bond acceptors (Lipinski definition) is 6. The number of nitrogens with one attached hydrogen (secondary N) is 1. The third-order valence-electron chi connectivity index (χ3n) is 3.84. The molecule has 0 aliphatic rings. The summed E-state index contributed by atoms with van der Waals surface area (Å²) in [6.07, 6.45) is 3.12. The average molecular weight is 401 g/mol. The van der Waals surface area contributed by atoms with Gasteiger partial charge in [0.25, 0.3) is 0 Å². The molecule has 144 valence electrons. The molecule has 0 fully saturated rings. The zero-order valence-corrected chi connectivity index (χ0v) is 15.6. The molecule has 0 radical (unpaired) electrons. The number of nitrogens with zero attached hydrogens (tertiary/aromatic N) is 2. The van der Waals surface area contributed by atoms with Crippen molar-refractivity contribution in [3.05, 3.63) is 72.3 Å². The number of carbonyl (C=O) groups excluding carboxylic acids is 1. The van der Waals surface area contributed by atoms with Crippen LogP contribution in [0.4, 0.5) is 4.39 Å². The van der Waals surface area contributed by atoms with E-state index in [2.05, 4.69) is 14.7 Å². The van der Waals surface area contributed by atoms with Crippen LogP contribution in [0.5, 0.6) is 5.75 Å². The van der Waals surface area contributed by atoms with E-state index >= 15 is 0 Å². The lowest BCUT2D eigenvalue weighted by molar-refractivity contribution is 0.0996. The SMILES string of the molecule is COc1cc(C(=O)CNS(=O)(=O)c2ccccc2F)cc(-c2ncccn2)c1. The quantitative estimate of drug-likeness (QED) is 0.611. The number of aromatic nitrogens is 2. The van der Waals surface area contributed by atoms with Crippen molar-refractivity contribution < 1.29 is 22.3 Å². The van der Waals surface area contributed by atoms with Gasteiger partial charge in [0.05, 0.1) is 13.7 Å². The second kappa shape index (κ2) is 8.24. The molecular formula is C19H16FN3O4S. The molecular weight excluding hydrogens is 385 g/mol. The highest BCUT2D eigenvalue weighted by atomic mass is 32.2. The van der Waals surface area contributed by atoms with Crippen molar-refractivity contribution in [3.8, 4) is 17.1 Å². The number of methoxy groups -OCH3 is 1. The molecule has 2 aromatic carbocycles. The second-order valence-corrected chi connectivity index (χ2v) is 7.44. The fraction of sp³-hybridized carbons (Fsp3) is 0.105. The van der Waals surface area contributed by atoms with E-state index in [1.165, 1.54) is 31.4 Å². The van der Waals surface area contributed by atoms with E-state index in [-0.39, 0.29) is 5.56 Å². The lowest BCUT2D eigenvalue weighted by atomic mass is 10.1. The van der Waals surface area contributed by atoms with Gasteiger partial charge in [0.2, 0.25) is 10.0 Å². The highest BCUT2D eigenvalue weighted by molar-refractivity contribution is 7.89. The minimum atomic E-state index is -4.17. The lowest BCUT2D eigenvalue weighted by Crippen LogP contribution is -2.30. The Hall–Kier alpha value is -3.17. The van der Waals surface area contributed by atoms with Crippen LogP contribution in [-0.4, -0.2) is 37.8 Å². The van der Waals surface area contributed by atoms with Crippen molar-refractivity contribution in [2.75, 3.05) is 13.7 Å². The third kappa shape index (κ3) is 4.38. The van der Waals surface area contributed by atoms with E-state index in [9.17, 15) is 17.6 Å². The molecule has 1 heterocycles. The van der Waals surface area contributed by atoms with Crippen molar-refractivity contribution in [3.63, 3.8) is 0 Å². The summed E-state index contributed by atoms with van der Waals surface area (Å²) < 4.78 is 45.6. The Morgan fingerprint density at radius 3 is 2.50 bits per heavy atom. The van der Waals surface area contributed by atoms with Crippen LogP contribution in [0.2, 0.25) is 0 Å². The molecule has 9 heteroatoms. The fourth-order valence-corrected chi connectivity index (χ4v) is 3.52. The Morgan fingerprint density at radius 2 is 1.82 bits per heavy atom. The molecule has 0 amide bonds. The van der Waals surface area contributed by atoms with Crippen molar-refractivity contribution in [1.82, 2.24) is 14.7 Å². The summed E-state index contributed by atoms with van der Waals surface area (Å²) in [5.41, 5.74) is 0.748. The number of rotatable bonds is 7. The normalized spacial score (nSPS) is 11.2. The van der Waals surface area contributed by atoms with Crippen LogP contribution in [0, 0.1) is 5.82 Å². The highest BCUT2D eigenvalue weighted by Crippen LogP contribution is 2.24. The average Bonchev–Trinajstić information content (AvgIpc) is 2.72. The van der Waals surface area contributed by atoms with Crippen LogP contribution < -0.4 is 9.46 Å². The first-order valence-electron chi connectivity index (χ1n) is 8.14. The first-order valence-corrected chi connectivity index (χ1v) is 9.63. The molecule has 3 rings (SSSR count). The van der Waals surface area contributed by atoms with Crippen LogP contribution in [0.3, 0.4) is 0 Å². The number of carbonyl (C=O) groups is 1. The molecule has 3 aromatic rings. The van der Waals surface area contributed by atoms with Crippen LogP contribution >= 0.6 is 0 Å². The van der Waals surface area contributed by atoms with Gasteiger partial charge < -0.3 is 4.74 Å². The first-order chi connectivity index (χ1) is 13.4. The number of ether oxygens (including phenoxy) is 1. The van der Waals surface area contributed by atoms with E-state index in [1.807, 2.05) is 0 Å². The molecule has 0 saturated carbocycles. The second-order valence-electron chi connectivity index (χ2n) is 5.70. The number of hydrogen-bond donors (Lipinski definition) is 1. The predicted octanol–water partition coefficient (Wildman–Crippen LogP) is 2.45. The van der Waals surface area contributed by atoms with E-state index in [4.69, 9.17) is 4.74 Å². The third-order valence-corrected chi connectivity index (χ3v) is 5.27. The van der Waals surface area contributed by atoms with Gasteiger partial charge in [-0.1, -0.05) is 12.1 Å². The van der Waals surface area contributed by atoms with E-state index in [0.29, 0.717) is 17.1 Å². The van der Waals surface area contributed by atoms with Crippen LogP contribution in [0.1, 0.15) is 10.4 Å². The number of Topliss-reactive ketones (excluding diaryl/α,β-unsaturated/α-hetero) is 1. The zero-order valence-electron chi connectivity index (χ0n) is 14.8. The number of sulfonamides is 1. The summed E-state index contributed by atoms with van der Waals surface area (Å²) in [6, 6.07) is 11.3. The number of halogens is 1. The minimum absolute atomic E-state index is 0.207. The van der Waals surface area contributed by atoms with Gasteiger partial charge in [-0.15, -0.1) is 0 Å². The maximum absolute atomic E-state index is 13.7. The Morgan fingerprint density at radius 1 is 1.11 bits per heavy atom. The maximum Gasteiger partial charge on any atom is 0.243 e. The molecule has 28 heavy (non-hydrogen) atoms. The van der Waals surface area contributed by atoms with Gasteiger partial charge >= 0.3 is 0 Å². The Balaban J connectivity index is 1.84. The van der Waals surface area contributed by atoms with Gasteiger partial charge in [0, 0.05) is 23.5 Å². The summed E-state index contributed by atoms with van der Waals surface area (Å²) in [4.78, 5) is 20.3. The van der Waals surface area contributed by atoms with Crippen LogP contribution in [0.25, 0.3) is 11.4 Å². The number of benzene rings is 2. The highest BCUT2D eigenvalue weighted by Gasteiger charge is 2.20. The van der Waals surface area contributed by atoms with E-state index < -0.39 is 33.1 Å². The smallest absolute Gasteiger partial charge is 0.243 e. The summed E-state index contributed by atoms with van der Waals surface area (Å²) in [6.45, 7) is -0.543. The molecule has 7 nitrogen and oxygen atoms in total. The van der Waals surface area contributed by atoms with Gasteiger partial charge in [-0.05, 0) is 36.4 Å². The standard InChI is InChI=1S/C19H16FN3O4S/c1-27-15-10-13(9-14(11-15)19-21-7-4-8-22-19)17(24)12-23-28(25,26)18-6-3-2-5-16(18)20/h2-11,23H,12H2,1H3. The molecule has 0 atom stereocenters. The first kappa shape index (κ1) is 19.6. The van der Waals surface area contributed by atoms with Crippen molar-refractivity contribution in [1.29, 1.82) is 0 Å². The summed E-state index contributed by atoms with van der Waals surface area (Å²) in [5.74, 6) is -0.629. The fourth-order valence-electron chi connectivity index (χ4n) is 2.46. The molecule has 0 unspecified atom stereocenters. The number of ketones is 1. The van der Waals surface area contributed by atoms with E-state index in [1.54, 1.807) is 24.5 Å².